The lowest BCUT2D eigenvalue weighted by atomic mass is 10.1. The van der Waals surface area contributed by atoms with Crippen molar-refractivity contribution in [1.82, 2.24) is 4.90 Å². The van der Waals surface area contributed by atoms with Gasteiger partial charge in [-0.15, -0.1) is 0 Å². The number of hydrogen-bond acceptors (Lipinski definition) is 5. The minimum atomic E-state index is -1.03. The molecule has 8 heteroatoms. The minimum absolute atomic E-state index is 0.125. The van der Waals surface area contributed by atoms with E-state index in [4.69, 9.17) is 4.42 Å². The maximum Gasteiger partial charge on any atom is 0.260 e. The molecule has 2 aromatic rings. The number of rotatable bonds is 3. The third-order valence-corrected chi connectivity index (χ3v) is 4.46. The summed E-state index contributed by atoms with van der Waals surface area (Å²) in [6, 6.07) is 3.31. The molecule has 3 heterocycles. The zero-order valence-corrected chi connectivity index (χ0v) is 14.2. The number of halogens is 2. The second-order valence-corrected chi connectivity index (χ2v) is 6.21. The van der Waals surface area contributed by atoms with E-state index in [0.717, 1.165) is 18.6 Å². The van der Waals surface area contributed by atoms with Gasteiger partial charge < -0.3 is 14.6 Å². The van der Waals surface area contributed by atoms with Crippen molar-refractivity contribution in [3.05, 3.63) is 46.7 Å². The van der Waals surface area contributed by atoms with Crippen molar-refractivity contribution in [2.24, 2.45) is 9.98 Å². The molecule has 2 aliphatic heterocycles. The maximum absolute atomic E-state index is 13.4. The van der Waals surface area contributed by atoms with Gasteiger partial charge in [0.2, 0.25) is 5.88 Å². The number of fused-ring (bicyclic) bond motifs is 3. The van der Waals surface area contributed by atoms with Crippen molar-refractivity contribution in [3.8, 4) is 0 Å². The van der Waals surface area contributed by atoms with Crippen molar-refractivity contribution in [3.63, 3.8) is 0 Å². The van der Waals surface area contributed by atoms with Gasteiger partial charge >= 0.3 is 0 Å². The first-order valence-corrected chi connectivity index (χ1v) is 8.26. The second kappa shape index (κ2) is 6.05. The number of aryl methyl sites for hydroxylation is 1. The normalized spacial score (nSPS) is 17.8. The topological polar surface area (TPSA) is 70.2 Å². The molecule has 1 unspecified atom stereocenters. The average Bonchev–Trinajstić information content (AvgIpc) is 3.17. The molecule has 0 saturated carbocycles. The monoisotopic (exact) mass is 358 g/mol. The molecule has 0 fully saturated rings. The highest BCUT2D eigenvalue weighted by molar-refractivity contribution is 6.19. The highest BCUT2D eigenvalue weighted by atomic mass is 19.2. The molecule has 134 valence electrons. The van der Waals surface area contributed by atoms with Crippen LogP contribution >= 0.6 is 0 Å². The number of anilines is 1. The molecule has 0 aliphatic carbocycles. The van der Waals surface area contributed by atoms with Crippen molar-refractivity contribution in [1.29, 1.82) is 0 Å². The minimum Gasteiger partial charge on any atom is -0.442 e. The highest BCUT2D eigenvalue weighted by Gasteiger charge is 2.35. The summed E-state index contributed by atoms with van der Waals surface area (Å²) in [6.07, 6.45) is 2.52. The summed E-state index contributed by atoms with van der Waals surface area (Å²) in [5.41, 5.74) is 0.974. The molecule has 26 heavy (non-hydrogen) atoms. The lowest BCUT2D eigenvalue weighted by molar-refractivity contribution is 0.102. The van der Waals surface area contributed by atoms with Crippen LogP contribution in [0.5, 0.6) is 0 Å². The summed E-state index contributed by atoms with van der Waals surface area (Å²) in [7, 11) is 0. The number of furan rings is 1. The smallest absolute Gasteiger partial charge is 0.260 e. The van der Waals surface area contributed by atoms with Gasteiger partial charge in [0, 0.05) is 18.3 Å². The third kappa shape index (κ3) is 2.58. The van der Waals surface area contributed by atoms with Gasteiger partial charge in [-0.25, -0.2) is 13.8 Å². The van der Waals surface area contributed by atoms with E-state index in [9.17, 15) is 13.6 Å². The SMILES string of the molecule is CCC1CN2C=Nc3oc(C)c(C(=O)Nc4ccc(F)c(F)c4)c3C2=N1. The predicted octanol–water partition coefficient (Wildman–Crippen LogP) is 3.63. The number of carbonyl (C=O) groups is 1. The van der Waals surface area contributed by atoms with Crippen LogP contribution in [0.3, 0.4) is 0 Å². The molecule has 2 aliphatic rings. The summed E-state index contributed by atoms with van der Waals surface area (Å²) in [4.78, 5) is 23.6. The summed E-state index contributed by atoms with van der Waals surface area (Å²) in [5, 5.41) is 2.58. The van der Waals surface area contributed by atoms with Gasteiger partial charge in [-0.05, 0) is 25.5 Å². The Kier molecular flexibility index (Phi) is 3.82. The zero-order chi connectivity index (χ0) is 18.4. The van der Waals surface area contributed by atoms with Gasteiger partial charge in [0.15, 0.2) is 11.6 Å². The molecule has 0 radical (unpaired) electrons. The van der Waals surface area contributed by atoms with Gasteiger partial charge in [0.05, 0.1) is 17.2 Å². The Morgan fingerprint density at radius 2 is 2.19 bits per heavy atom. The first kappa shape index (κ1) is 16.4. The van der Waals surface area contributed by atoms with E-state index < -0.39 is 17.5 Å². The Bertz CT molecular complexity index is 964. The van der Waals surface area contributed by atoms with Gasteiger partial charge in [-0.2, -0.15) is 0 Å². The van der Waals surface area contributed by atoms with Gasteiger partial charge in [-0.3, -0.25) is 9.79 Å². The Hall–Kier alpha value is -3.03. The number of nitrogens with zero attached hydrogens (tertiary/aromatic N) is 3. The van der Waals surface area contributed by atoms with E-state index in [1.165, 1.54) is 6.07 Å². The Morgan fingerprint density at radius 3 is 2.92 bits per heavy atom. The fourth-order valence-electron chi connectivity index (χ4n) is 3.12. The first-order valence-electron chi connectivity index (χ1n) is 8.26. The fraction of sp³-hybridized carbons (Fsp3) is 0.278. The Balaban J connectivity index is 1.72. The van der Waals surface area contributed by atoms with Crippen LogP contribution < -0.4 is 5.32 Å². The van der Waals surface area contributed by atoms with E-state index >= 15 is 0 Å². The molecule has 1 N–H and O–H groups in total. The summed E-state index contributed by atoms with van der Waals surface area (Å²) >= 11 is 0. The second-order valence-electron chi connectivity index (χ2n) is 6.21. The number of benzene rings is 1. The molecule has 1 atom stereocenters. The number of hydrogen-bond donors (Lipinski definition) is 1. The van der Waals surface area contributed by atoms with Crippen molar-refractivity contribution in [2.75, 3.05) is 11.9 Å². The molecule has 0 bridgehead atoms. The van der Waals surface area contributed by atoms with E-state index in [0.29, 0.717) is 35.2 Å². The summed E-state index contributed by atoms with van der Waals surface area (Å²) in [6.45, 7) is 4.40. The summed E-state index contributed by atoms with van der Waals surface area (Å²) < 4.78 is 32.1. The maximum atomic E-state index is 13.4. The van der Waals surface area contributed by atoms with Gasteiger partial charge in [0.25, 0.3) is 5.91 Å². The molecule has 1 aromatic heterocycles. The Labute approximate surface area is 148 Å². The lowest BCUT2D eigenvalue weighted by Gasteiger charge is -2.18. The molecule has 4 rings (SSSR count). The number of carbonyl (C=O) groups excluding carboxylic acids is 1. The highest BCUT2D eigenvalue weighted by Crippen LogP contribution is 2.35. The third-order valence-electron chi connectivity index (χ3n) is 4.46. The molecule has 6 nitrogen and oxygen atoms in total. The van der Waals surface area contributed by atoms with Gasteiger partial charge in [0.1, 0.15) is 17.9 Å². The van der Waals surface area contributed by atoms with Crippen LogP contribution in [0.1, 0.15) is 35.0 Å². The molecule has 0 spiro atoms. The standard InChI is InChI=1S/C18H16F2N4O2/c1-3-10-7-24-8-21-18-15(16(24)22-10)14(9(2)26-18)17(25)23-11-4-5-12(19)13(20)6-11/h4-6,8,10H,3,7H2,1-2H3,(H,23,25). The van der Waals surface area contributed by atoms with Crippen molar-refractivity contribution >= 4 is 29.7 Å². The summed E-state index contributed by atoms with van der Waals surface area (Å²) in [5.74, 6) is -1.14. The van der Waals surface area contributed by atoms with Gasteiger partial charge in [-0.1, -0.05) is 6.92 Å². The quantitative estimate of drug-likeness (QED) is 0.911. The zero-order valence-electron chi connectivity index (χ0n) is 14.2. The predicted molar refractivity (Wildman–Crippen MR) is 93.2 cm³/mol. The lowest BCUT2D eigenvalue weighted by Crippen LogP contribution is -2.31. The van der Waals surface area contributed by atoms with E-state index in [1.807, 2.05) is 11.8 Å². The van der Waals surface area contributed by atoms with Crippen LogP contribution in [-0.4, -0.2) is 35.6 Å². The van der Waals surface area contributed by atoms with Crippen LogP contribution in [0.25, 0.3) is 0 Å². The van der Waals surface area contributed by atoms with E-state index in [2.05, 4.69) is 15.3 Å². The van der Waals surface area contributed by atoms with Crippen molar-refractivity contribution in [2.45, 2.75) is 26.3 Å². The fourth-order valence-corrected chi connectivity index (χ4v) is 3.12. The van der Waals surface area contributed by atoms with Crippen LogP contribution in [0.2, 0.25) is 0 Å². The number of amidine groups is 1. The number of aliphatic imine (C=N–C) groups is 2. The van der Waals surface area contributed by atoms with E-state index in [1.54, 1.807) is 13.3 Å². The number of amides is 1. The van der Waals surface area contributed by atoms with Crippen LogP contribution in [-0.2, 0) is 0 Å². The van der Waals surface area contributed by atoms with Crippen molar-refractivity contribution < 1.29 is 18.0 Å². The molecule has 1 amide bonds. The number of nitrogens with one attached hydrogen (secondary N) is 1. The molecule has 0 saturated heterocycles. The van der Waals surface area contributed by atoms with Crippen LogP contribution in [0.4, 0.5) is 20.4 Å². The molecular weight excluding hydrogens is 342 g/mol. The largest absolute Gasteiger partial charge is 0.442 e. The van der Waals surface area contributed by atoms with Crippen LogP contribution in [0, 0.1) is 18.6 Å². The molecular formula is C18H16F2N4O2. The first-order chi connectivity index (χ1) is 12.5. The Morgan fingerprint density at radius 1 is 1.38 bits per heavy atom. The van der Waals surface area contributed by atoms with Crippen LogP contribution in [0.15, 0.2) is 32.6 Å². The average molecular weight is 358 g/mol. The van der Waals surface area contributed by atoms with E-state index in [-0.39, 0.29) is 11.7 Å². The molecule has 1 aromatic carbocycles.